The third kappa shape index (κ3) is 2.74. The van der Waals surface area contributed by atoms with Crippen molar-refractivity contribution < 1.29 is 9.50 Å². The molecule has 0 aromatic heterocycles. The van der Waals surface area contributed by atoms with E-state index >= 15 is 0 Å². The lowest BCUT2D eigenvalue weighted by molar-refractivity contribution is 0.475. The molecule has 0 bridgehead atoms. The SMILES string of the molecule is N#C/C(=C/c1ccc(O)cc1)c1cccc(F)c1. The summed E-state index contributed by atoms with van der Waals surface area (Å²) in [5, 5.41) is 18.3. The molecule has 0 aliphatic heterocycles. The summed E-state index contributed by atoms with van der Waals surface area (Å²) in [6.45, 7) is 0. The van der Waals surface area contributed by atoms with Gasteiger partial charge in [-0.3, -0.25) is 0 Å². The average Bonchev–Trinajstić information content (AvgIpc) is 2.38. The second kappa shape index (κ2) is 5.15. The van der Waals surface area contributed by atoms with Crippen molar-refractivity contribution >= 4 is 11.6 Å². The molecule has 0 spiro atoms. The van der Waals surface area contributed by atoms with Crippen LogP contribution in [0.25, 0.3) is 11.6 Å². The van der Waals surface area contributed by atoms with E-state index in [1.54, 1.807) is 30.3 Å². The average molecular weight is 239 g/mol. The Morgan fingerprint density at radius 1 is 1.17 bits per heavy atom. The first-order valence-corrected chi connectivity index (χ1v) is 5.36. The van der Waals surface area contributed by atoms with E-state index in [1.807, 2.05) is 6.07 Å². The summed E-state index contributed by atoms with van der Waals surface area (Å²) in [7, 11) is 0. The van der Waals surface area contributed by atoms with Crippen molar-refractivity contribution in [3.05, 3.63) is 65.5 Å². The van der Waals surface area contributed by atoms with Crippen molar-refractivity contribution in [3.8, 4) is 11.8 Å². The van der Waals surface area contributed by atoms with Crippen LogP contribution >= 0.6 is 0 Å². The molecule has 0 radical (unpaired) electrons. The summed E-state index contributed by atoms with van der Waals surface area (Å²) in [5.74, 6) is -0.212. The van der Waals surface area contributed by atoms with Crippen molar-refractivity contribution in [2.45, 2.75) is 0 Å². The van der Waals surface area contributed by atoms with Crippen LogP contribution in [0.5, 0.6) is 5.75 Å². The third-order valence-electron chi connectivity index (χ3n) is 2.46. The molecule has 0 fully saturated rings. The van der Waals surface area contributed by atoms with E-state index in [-0.39, 0.29) is 11.6 Å². The molecule has 2 nitrogen and oxygen atoms in total. The summed E-state index contributed by atoms with van der Waals surface area (Å²) in [6.07, 6.45) is 1.65. The zero-order valence-electron chi connectivity index (χ0n) is 9.47. The van der Waals surface area contributed by atoms with E-state index in [1.165, 1.54) is 24.3 Å². The smallest absolute Gasteiger partial charge is 0.123 e. The van der Waals surface area contributed by atoms with E-state index in [4.69, 9.17) is 10.4 Å². The highest BCUT2D eigenvalue weighted by Crippen LogP contribution is 2.19. The predicted octanol–water partition coefficient (Wildman–Crippen LogP) is 3.60. The van der Waals surface area contributed by atoms with Crippen LogP contribution in [0.1, 0.15) is 11.1 Å². The molecule has 0 saturated carbocycles. The Bertz CT molecular complexity index is 624. The van der Waals surface area contributed by atoms with Crippen LogP contribution in [0, 0.1) is 17.1 Å². The van der Waals surface area contributed by atoms with E-state index in [2.05, 4.69) is 0 Å². The minimum atomic E-state index is -0.376. The first-order valence-electron chi connectivity index (χ1n) is 5.36. The fraction of sp³-hybridized carbons (Fsp3) is 0. The van der Waals surface area contributed by atoms with Crippen molar-refractivity contribution in [3.63, 3.8) is 0 Å². The molecule has 1 N–H and O–H groups in total. The zero-order valence-corrected chi connectivity index (χ0v) is 9.47. The fourth-order valence-electron chi connectivity index (χ4n) is 1.57. The van der Waals surface area contributed by atoms with E-state index in [0.717, 1.165) is 5.56 Å². The minimum Gasteiger partial charge on any atom is -0.508 e. The Morgan fingerprint density at radius 3 is 2.50 bits per heavy atom. The van der Waals surface area contributed by atoms with Crippen molar-refractivity contribution in [2.75, 3.05) is 0 Å². The number of phenols is 1. The Labute approximate surface area is 104 Å². The van der Waals surface area contributed by atoms with Crippen LogP contribution in [0.3, 0.4) is 0 Å². The number of nitriles is 1. The lowest BCUT2D eigenvalue weighted by Gasteiger charge is -2.00. The Kier molecular flexibility index (Phi) is 3.40. The molecule has 2 aromatic rings. The number of hydrogen-bond acceptors (Lipinski definition) is 2. The second-order valence-corrected chi connectivity index (χ2v) is 3.77. The Morgan fingerprint density at radius 2 is 1.89 bits per heavy atom. The summed E-state index contributed by atoms with van der Waals surface area (Å²) < 4.78 is 13.1. The molecule has 0 aliphatic rings. The van der Waals surface area contributed by atoms with Crippen LogP contribution in [0.2, 0.25) is 0 Å². The lowest BCUT2D eigenvalue weighted by atomic mass is 10.0. The van der Waals surface area contributed by atoms with Gasteiger partial charge in [-0.2, -0.15) is 5.26 Å². The molecule has 0 aliphatic carbocycles. The number of nitrogens with zero attached hydrogens (tertiary/aromatic N) is 1. The van der Waals surface area contributed by atoms with Crippen LogP contribution in [0.15, 0.2) is 48.5 Å². The quantitative estimate of drug-likeness (QED) is 0.642. The number of phenolic OH excluding ortho intramolecular Hbond substituents is 1. The fourth-order valence-corrected chi connectivity index (χ4v) is 1.57. The molecular weight excluding hydrogens is 229 g/mol. The maximum atomic E-state index is 13.1. The van der Waals surface area contributed by atoms with Crippen molar-refractivity contribution in [2.24, 2.45) is 0 Å². The van der Waals surface area contributed by atoms with Gasteiger partial charge in [-0.15, -0.1) is 0 Å². The van der Waals surface area contributed by atoms with Gasteiger partial charge in [0.05, 0.1) is 11.6 Å². The van der Waals surface area contributed by atoms with Gasteiger partial charge >= 0.3 is 0 Å². The van der Waals surface area contributed by atoms with Gasteiger partial charge in [-0.1, -0.05) is 24.3 Å². The van der Waals surface area contributed by atoms with E-state index in [9.17, 15) is 4.39 Å². The van der Waals surface area contributed by atoms with Crippen LogP contribution in [-0.4, -0.2) is 5.11 Å². The molecule has 0 unspecified atom stereocenters. The minimum absolute atomic E-state index is 0.163. The standard InChI is InChI=1S/C15H10FNO/c16-14-3-1-2-12(9-14)13(10-17)8-11-4-6-15(18)7-5-11/h1-9,18H/b13-8-. The maximum absolute atomic E-state index is 13.1. The molecule has 18 heavy (non-hydrogen) atoms. The van der Waals surface area contributed by atoms with E-state index < -0.39 is 0 Å². The summed E-state index contributed by atoms with van der Waals surface area (Å²) >= 11 is 0. The summed E-state index contributed by atoms with van der Waals surface area (Å²) in [5.41, 5.74) is 1.68. The van der Waals surface area contributed by atoms with Crippen molar-refractivity contribution in [1.82, 2.24) is 0 Å². The van der Waals surface area contributed by atoms with Gasteiger partial charge in [0.15, 0.2) is 0 Å². The number of halogens is 1. The molecule has 2 rings (SSSR count). The van der Waals surface area contributed by atoms with Crippen LogP contribution in [0.4, 0.5) is 4.39 Å². The summed E-state index contributed by atoms with van der Waals surface area (Å²) in [6, 6.07) is 14.4. The zero-order chi connectivity index (χ0) is 13.0. The number of benzene rings is 2. The van der Waals surface area contributed by atoms with Crippen LogP contribution < -0.4 is 0 Å². The largest absolute Gasteiger partial charge is 0.508 e. The van der Waals surface area contributed by atoms with Gasteiger partial charge < -0.3 is 5.11 Å². The topological polar surface area (TPSA) is 44.0 Å². The Hall–Kier alpha value is -2.60. The third-order valence-corrected chi connectivity index (χ3v) is 2.46. The number of aromatic hydroxyl groups is 1. The van der Waals surface area contributed by atoms with Crippen molar-refractivity contribution in [1.29, 1.82) is 5.26 Å². The summed E-state index contributed by atoms with van der Waals surface area (Å²) in [4.78, 5) is 0. The molecule has 2 aromatic carbocycles. The molecule has 0 atom stereocenters. The highest BCUT2D eigenvalue weighted by Gasteiger charge is 2.02. The monoisotopic (exact) mass is 239 g/mol. The van der Waals surface area contributed by atoms with Gasteiger partial charge in [-0.25, -0.2) is 4.39 Å². The van der Waals surface area contributed by atoms with E-state index in [0.29, 0.717) is 11.1 Å². The highest BCUT2D eigenvalue weighted by atomic mass is 19.1. The van der Waals surface area contributed by atoms with Crippen LogP contribution in [-0.2, 0) is 0 Å². The first-order chi connectivity index (χ1) is 8.69. The van der Waals surface area contributed by atoms with Gasteiger partial charge in [-0.05, 0) is 41.5 Å². The molecule has 0 heterocycles. The second-order valence-electron chi connectivity index (χ2n) is 3.77. The van der Waals surface area contributed by atoms with Gasteiger partial charge in [0.25, 0.3) is 0 Å². The molecule has 0 saturated heterocycles. The Balaban J connectivity index is 2.40. The lowest BCUT2D eigenvalue weighted by Crippen LogP contribution is -1.83. The molecule has 0 amide bonds. The predicted molar refractivity (Wildman–Crippen MR) is 68.0 cm³/mol. The number of allylic oxidation sites excluding steroid dienone is 1. The highest BCUT2D eigenvalue weighted by molar-refractivity contribution is 5.89. The maximum Gasteiger partial charge on any atom is 0.123 e. The number of hydrogen-bond donors (Lipinski definition) is 1. The van der Waals surface area contributed by atoms with Gasteiger partial charge in [0.1, 0.15) is 11.6 Å². The molecule has 88 valence electrons. The van der Waals surface area contributed by atoms with Gasteiger partial charge in [0, 0.05) is 0 Å². The first kappa shape index (κ1) is 11.9. The normalized spacial score (nSPS) is 11.0. The number of rotatable bonds is 2. The molecule has 3 heteroatoms. The van der Waals surface area contributed by atoms with Gasteiger partial charge in [0.2, 0.25) is 0 Å². The molecular formula is C15H10FNO.